The summed E-state index contributed by atoms with van der Waals surface area (Å²) in [5, 5.41) is 12.5. The summed E-state index contributed by atoms with van der Waals surface area (Å²) in [4.78, 5) is 17.2. The SMILES string of the molecule is N#Cc1cc(F)ccc1Cn1c2c(c(-c3ccc(F)cc3)c1-c1ccncc1)C(=O)NCC2. The monoisotopic (exact) mass is 440 g/mol. The van der Waals surface area contributed by atoms with Crippen molar-refractivity contribution in [3.05, 3.63) is 101 Å². The molecule has 0 unspecified atom stereocenters. The second kappa shape index (κ2) is 8.32. The van der Waals surface area contributed by atoms with Crippen molar-refractivity contribution in [2.75, 3.05) is 6.54 Å². The van der Waals surface area contributed by atoms with Crippen LogP contribution in [-0.2, 0) is 13.0 Å². The Hall–Kier alpha value is -4.31. The van der Waals surface area contributed by atoms with Crippen molar-refractivity contribution in [2.24, 2.45) is 0 Å². The third-order valence-electron chi connectivity index (χ3n) is 5.85. The quantitative estimate of drug-likeness (QED) is 0.500. The van der Waals surface area contributed by atoms with E-state index in [2.05, 4.69) is 16.4 Å². The van der Waals surface area contributed by atoms with Crippen LogP contribution in [0.4, 0.5) is 8.78 Å². The van der Waals surface area contributed by atoms with Gasteiger partial charge in [-0.25, -0.2) is 8.78 Å². The first-order valence-corrected chi connectivity index (χ1v) is 10.4. The number of halogens is 2. The number of carbonyl (C=O) groups is 1. The highest BCUT2D eigenvalue weighted by Crippen LogP contribution is 2.41. The van der Waals surface area contributed by atoms with Crippen LogP contribution >= 0.6 is 0 Å². The predicted octanol–water partition coefficient (Wildman–Crippen LogP) is 4.70. The molecule has 162 valence electrons. The zero-order valence-electron chi connectivity index (χ0n) is 17.5. The number of amides is 1. The number of benzene rings is 2. The van der Waals surface area contributed by atoms with E-state index < -0.39 is 5.82 Å². The van der Waals surface area contributed by atoms with Crippen LogP contribution in [0.2, 0.25) is 0 Å². The first kappa shape index (κ1) is 20.6. The molecule has 0 saturated heterocycles. The van der Waals surface area contributed by atoms with Crippen molar-refractivity contribution in [1.82, 2.24) is 14.9 Å². The number of nitrogens with zero attached hydrogens (tertiary/aromatic N) is 3. The number of carbonyl (C=O) groups excluding carboxylic acids is 1. The molecule has 0 spiro atoms. The Balaban J connectivity index is 1.82. The van der Waals surface area contributed by atoms with Gasteiger partial charge in [0.1, 0.15) is 11.6 Å². The summed E-state index contributed by atoms with van der Waals surface area (Å²) in [7, 11) is 0. The van der Waals surface area contributed by atoms with Gasteiger partial charge in [-0.05, 0) is 47.5 Å². The molecule has 0 aliphatic carbocycles. The standard InChI is InChI=1S/C26H18F2N4O/c27-20-4-1-16(2-5-20)23-24-22(9-12-31-26(24)33)32(25(23)17-7-10-30-11-8-17)15-18-3-6-21(28)13-19(18)14-29/h1-8,10-11,13H,9,12,15H2,(H,31,33). The zero-order valence-corrected chi connectivity index (χ0v) is 17.5. The van der Waals surface area contributed by atoms with Gasteiger partial charge in [0, 0.05) is 48.7 Å². The molecule has 7 heteroatoms. The minimum Gasteiger partial charge on any atom is -0.352 e. The third kappa shape index (κ3) is 3.66. The van der Waals surface area contributed by atoms with Gasteiger partial charge in [0.25, 0.3) is 5.91 Å². The molecular weight excluding hydrogens is 422 g/mol. The number of hydrogen-bond donors (Lipinski definition) is 1. The molecule has 2 aromatic carbocycles. The minimum atomic E-state index is -0.481. The lowest BCUT2D eigenvalue weighted by atomic mass is 9.95. The Kier molecular flexibility index (Phi) is 5.19. The molecular formula is C26H18F2N4O. The van der Waals surface area contributed by atoms with Crippen molar-refractivity contribution >= 4 is 5.91 Å². The average molecular weight is 440 g/mol. The fraction of sp³-hybridized carbons (Fsp3) is 0.115. The normalized spacial score (nSPS) is 12.7. The summed E-state index contributed by atoms with van der Waals surface area (Å²) >= 11 is 0. The largest absolute Gasteiger partial charge is 0.352 e. The summed E-state index contributed by atoms with van der Waals surface area (Å²) < 4.78 is 29.5. The lowest BCUT2D eigenvalue weighted by Gasteiger charge is -2.18. The van der Waals surface area contributed by atoms with Gasteiger partial charge in [-0.3, -0.25) is 9.78 Å². The van der Waals surface area contributed by atoms with E-state index in [9.17, 15) is 18.8 Å². The van der Waals surface area contributed by atoms with E-state index in [0.717, 1.165) is 17.0 Å². The fourth-order valence-corrected chi connectivity index (χ4v) is 4.40. The van der Waals surface area contributed by atoms with E-state index in [1.165, 1.54) is 24.3 Å². The summed E-state index contributed by atoms with van der Waals surface area (Å²) in [6, 6.07) is 15.9. The Bertz CT molecular complexity index is 1400. The highest BCUT2D eigenvalue weighted by Gasteiger charge is 2.31. The topological polar surface area (TPSA) is 70.7 Å². The summed E-state index contributed by atoms with van der Waals surface area (Å²) in [5.41, 5.74) is 5.21. The van der Waals surface area contributed by atoms with Gasteiger partial charge in [0.05, 0.1) is 22.9 Å². The smallest absolute Gasteiger partial charge is 0.253 e. The second-order valence-electron chi connectivity index (χ2n) is 7.79. The van der Waals surface area contributed by atoms with Crippen LogP contribution in [0.3, 0.4) is 0 Å². The Labute approximate surface area is 188 Å². The summed E-state index contributed by atoms with van der Waals surface area (Å²) in [6.45, 7) is 0.751. The van der Waals surface area contributed by atoms with Gasteiger partial charge >= 0.3 is 0 Å². The first-order chi connectivity index (χ1) is 16.1. The molecule has 1 N–H and O–H groups in total. The molecule has 0 radical (unpaired) electrons. The van der Waals surface area contributed by atoms with Crippen molar-refractivity contribution < 1.29 is 13.6 Å². The van der Waals surface area contributed by atoms with E-state index in [1.807, 2.05) is 16.7 Å². The molecule has 1 aliphatic rings. The number of rotatable bonds is 4. The van der Waals surface area contributed by atoms with Crippen molar-refractivity contribution in [1.29, 1.82) is 5.26 Å². The molecule has 0 bridgehead atoms. The summed E-state index contributed by atoms with van der Waals surface area (Å²) in [5.74, 6) is -1.05. The number of fused-ring (bicyclic) bond motifs is 1. The first-order valence-electron chi connectivity index (χ1n) is 10.4. The van der Waals surface area contributed by atoms with E-state index in [0.29, 0.717) is 35.2 Å². The van der Waals surface area contributed by atoms with Crippen LogP contribution in [0, 0.1) is 23.0 Å². The molecule has 1 aliphatic heterocycles. The van der Waals surface area contributed by atoms with Crippen molar-refractivity contribution in [2.45, 2.75) is 13.0 Å². The molecule has 4 aromatic rings. The number of aromatic nitrogens is 2. The molecule has 0 fully saturated rings. The van der Waals surface area contributed by atoms with Crippen LogP contribution in [0.15, 0.2) is 67.0 Å². The van der Waals surface area contributed by atoms with Gasteiger partial charge in [0.15, 0.2) is 0 Å². The number of nitriles is 1. The van der Waals surface area contributed by atoms with Gasteiger partial charge in [0.2, 0.25) is 0 Å². The lowest BCUT2D eigenvalue weighted by molar-refractivity contribution is 0.0946. The van der Waals surface area contributed by atoms with Crippen LogP contribution < -0.4 is 5.32 Å². The highest BCUT2D eigenvalue weighted by molar-refractivity contribution is 6.07. The number of pyridine rings is 1. The van der Waals surface area contributed by atoms with E-state index in [1.54, 1.807) is 30.6 Å². The minimum absolute atomic E-state index is 0.204. The maximum atomic E-state index is 13.8. The fourth-order valence-electron chi connectivity index (χ4n) is 4.40. The maximum absolute atomic E-state index is 13.8. The highest BCUT2D eigenvalue weighted by atomic mass is 19.1. The third-order valence-corrected chi connectivity index (χ3v) is 5.85. The molecule has 0 saturated carbocycles. The maximum Gasteiger partial charge on any atom is 0.253 e. The van der Waals surface area contributed by atoms with Crippen molar-refractivity contribution in [3.63, 3.8) is 0 Å². The van der Waals surface area contributed by atoms with Crippen molar-refractivity contribution in [3.8, 4) is 28.5 Å². The Morgan fingerprint density at radius 2 is 1.70 bits per heavy atom. The molecule has 33 heavy (non-hydrogen) atoms. The van der Waals surface area contributed by atoms with Gasteiger partial charge < -0.3 is 9.88 Å². The molecule has 3 heterocycles. The predicted molar refractivity (Wildman–Crippen MR) is 119 cm³/mol. The molecule has 5 rings (SSSR count). The Morgan fingerprint density at radius 1 is 0.970 bits per heavy atom. The molecule has 5 nitrogen and oxygen atoms in total. The van der Waals surface area contributed by atoms with Crippen LogP contribution in [0.1, 0.15) is 27.2 Å². The van der Waals surface area contributed by atoms with Crippen LogP contribution in [-0.4, -0.2) is 22.0 Å². The van der Waals surface area contributed by atoms with Gasteiger partial charge in [-0.1, -0.05) is 18.2 Å². The van der Waals surface area contributed by atoms with Gasteiger partial charge in [-0.2, -0.15) is 5.26 Å². The molecule has 1 amide bonds. The zero-order chi connectivity index (χ0) is 22.9. The van der Waals surface area contributed by atoms with E-state index >= 15 is 0 Å². The van der Waals surface area contributed by atoms with E-state index in [4.69, 9.17) is 0 Å². The van der Waals surface area contributed by atoms with Crippen LogP contribution in [0.5, 0.6) is 0 Å². The van der Waals surface area contributed by atoms with Gasteiger partial charge in [-0.15, -0.1) is 0 Å². The Morgan fingerprint density at radius 3 is 2.42 bits per heavy atom. The molecule has 2 aromatic heterocycles. The second-order valence-corrected chi connectivity index (χ2v) is 7.79. The van der Waals surface area contributed by atoms with E-state index in [-0.39, 0.29) is 23.8 Å². The number of hydrogen-bond acceptors (Lipinski definition) is 3. The summed E-state index contributed by atoms with van der Waals surface area (Å²) in [6.07, 6.45) is 3.92. The van der Waals surface area contributed by atoms with Crippen LogP contribution in [0.25, 0.3) is 22.4 Å². The number of nitrogens with one attached hydrogen (secondary N) is 1. The lowest BCUT2D eigenvalue weighted by Crippen LogP contribution is -2.32. The molecule has 0 atom stereocenters. The average Bonchev–Trinajstić information content (AvgIpc) is 3.16.